The number of hydrogen-bond donors (Lipinski definition) is 1. The molecule has 218 valence electrons. The summed E-state index contributed by atoms with van der Waals surface area (Å²) in [4.78, 5) is 44.1. The van der Waals surface area contributed by atoms with E-state index in [0.717, 1.165) is 17.6 Å². The molecule has 0 aromatic heterocycles. The highest BCUT2D eigenvalue weighted by atomic mass is 16.5. The zero-order valence-corrected chi connectivity index (χ0v) is 26.1. The maximum Gasteiger partial charge on any atom is 0.184 e. The molecule has 2 aliphatic carbocycles. The van der Waals surface area contributed by atoms with Crippen molar-refractivity contribution in [1.82, 2.24) is 0 Å². The van der Waals surface area contributed by atoms with E-state index >= 15 is 0 Å². The molecule has 5 nitrogen and oxygen atoms in total. The normalized spacial score (nSPS) is 28.9. The number of hydrogen-bond acceptors (Lipinski definition) is 5. The Labute approximate surface area is 236 Å². The van der Waals surface area contributed by atoms with E-state index in [4.69, 9.17) is 4.74 Å². The molecule has 0 aromatic rings. The van der Waals surface area contributed by atoms with E-state index in [9.17, 15) is 19.5 Å². The van der Waals surface area contributed by atoms with Crippen molar-refractivity contribution in [3.63, 3.8) is 0 Å². The van der Waals surface area contributed by atoms with Gasteiger partial charge in [0.05, 0.1) is 11.0 Å². The van der Waals surface area contributed by atoms with Crippen LogP contribution in [-0.2, 0) is 19.1 Å². The molecule has 0 aromatic carbocycles. The summed E-state index contributed by atoms with van der Waals surface area (Å²) in [5.74, 6) is -2.12. The predicted molar refractivity (Wildman–Crippen MR) is 158 cm³/mol. The fourth-order valence-electron chi connectivity index (χ4n) is 6.87. The highest BCUT2D eigenvalue weighted by Crippen LogP contribution is 2.67. The number of ketones is 3. The molecular weight excluding hydrogens is 488 g/mol. The average Bonchev–Trinajstić information content (AvgIpc) is 2.85. The van der Waals surface area contributed by atoms with Crippen LogP contribution in [0.1, 0.15) is 107 Å². The fourth-order valence-corrected chi connectivity index (χ4v) is 6.87. The molecule has 5 heteroatoms. The van der Waals surface area contributed by atoms with Crippen molar-refractivity contribution < 1.29 is 24.2 Å². The first-order chi connectivity index (χ1) is 18.0. The van der Waals surface area contributed by atoms with Crippen LogP contribution in [0, 0.1) is 28.1 Å². The highest BCUT2D eigenvalue weighted by molar-refractivity contribution is 6.33. The molecule has 4 atom stereocenters. The molecule has 1 saturated carbocycles. The van der Waals surface area contributed by atoms with Crippen molar-refractivity contribution in [2.45, 2.75) is 113 Å². The molecule has 1 N–H and O–H groups in total. The van der Waals surface area contributed by atoms with Gasteiger partial charge >= 0.3 is 0 Å². The lowest BCUT2D eigenvalue weighted by Crippen LogP contribution is -2.71. The lowest BCUT2D eigenvalue weighted by atomic mass is 9.38. The van der Waals surface area contributed by atoms with Crippen molar-refractivity contribution in [2.24, 2.45) is 28.1 Å². The number of rotatable bonds is 13. The number of ether oxygens (including phenoxy) is 1. The molecule has 0 radical (unpaired) electrons. The largest absolute Gasteiger partial charge is 0.511 e. The zero-order chi connectivity index (χ0) is 30.0. The molecule has 39 heavy (non-hydrogen) atoms. The molecule has 0 heterocycles. The number of fused-ring (bicyclic) bond motifs is 2. The van der Waals surface area contributed by atoms with E-state index in [-0.39, 0.29) is 41.5 Å². The lowest BCUT2D eigenvalue weighted by Gasteiger charge is -2.61. The Kier molecular flexibility index (Phi) is 10.2. The van der Waals surface area contributed by atoms with E-state index in [2.05, 4.69) is 12.7 Å². The third-order valence-electron chi connectivity index (χ3n) is 9.42. The average molecular weight is 541 g/mol. The van der Waals surface area contributed by atoms with Gasteiger partial charge in [-0.05, 0) is 97.8 Å². The summed E-state index contributed by atoms with van der Waals surface area (Å²) in [6.45, 7) is 21.4. The third kappa shape index (κ3) is 5.66. The molecule has 0 spiro atoms. The Morgan fingerprint density at radius 3 is 2.23 bits per heavy atom. The Balaban J connectivity index is 3.00. The minimum Gasteiger partial charge on any atom is -0.511 e. The summed E-state index contributed by atoms with van der Waals surface area (Å²) in [7, 11) is 1.69. The number of methoxy groups -OCH3 is 1. The van der Waals surface area contributed by atoms with Crippen molar-refractivity contribution in [2.75, 3.05) is 7.11 Å². The summed E-state index contributed by atoms with van der Waals surface area (Å²) in [6.07, 6.45) is 9.03. The van der Waals surface area contributed by atoms with E-state index in [1.54, 1.807) is 27.0 Å². The van der Waals surface area contributed by atoms with Crippen LogP contribution in [0.4, 0.5) is 0 Å². The van der Waals surface area contributed by atoms with E-state index in [0.29, 0.717) is 25.7 Å². The fraction of sp³-hybridized carbons (Fsp3) is 0.676. The standard InChI is InChI=1S/C34H52O5/c1-12-14-26-28(36)33(20-17-23(4)5)21-25(16-15-22(2)3)32(10,19-13-18-31(8,9)39-11)34(29(26)37,30(33)38)27(35)24(6)7/h12,15,17,24-25,36H,1,13-14,16,18-21H2,2-11H3/t25-,32+,33+,34-/m1/s1. The van der Waals surface area contributed by atoms with E-state index in [1.165, 1.54) is 0 Å². The second-order valence-corrected chi connectivity index (χ2v) is 13.5. The summed E-state index contributed by atoms with van der Waals surface area (Å²) in [5.41, 5.74) is -2.15. The lowest BCUT2D eigenvalue weighted by molar-refractivity contribution is -0.180. The second kappa shape index (κ2) is 12.1. The Morgan fingerprint density at radius 1 is 1.15 bits per heavy atom. The van der Waals surface area contributed by atoms with Crippen LogP contribution in [0.5, 0.6) is 0 Å². The predicted octanol–water partition coefficient (Wildman–Crippen LogP) is 8.06. The molecule has 0 aliphatic heterocycles. The number of carbonyl (C=O) groups is 3. The molecular formula is C34H52O5. The molecule has 2 aliphatic rings. The number of carbonyl (C=O) groups excluding carboxylic acids is 3. The van der Waals surface area contributed by atoms with Crippen LogP contribution in [-0.4, -0.2) is 35.2 Å². The van der Waals surface area contributed by atoms with Crippen LogP contribution < -0.4 is 0 Å². The van der Waals surface area contributed by atoms with Gasteiger partial charge in [0.15, 0.2) is 22.8 Å². The van der Waals surface area contributed by atoms with Gasteiger partial charge in [0.25, 0.3) is 0 Å². The van der Waals surface area contributed by atoms with Crippen molar-refractivity contribution >= 4 is 17.3 Å². The van der Waals surface area contributed by atoms with Crippen LogP contribution >= 0.6 is 0 Å². The SMILES string of the molecule is C=CCC1=C(O)[C@]2(CC=C(C)C)C[C@@H](CC=C(C)C)[C@](C)(CCCC(C)(C)OC)[C@](C(=O)C(C)C)(C1=O)C2=O. The van der Waals surface area contributed by atoms with Gasteiger partial charge in [-0.25, -0.2) is 0 Å². The van der Waals surface area contributed by atoms with Gasteiger partial charge in [0.1, 0.15) is 5.76 Å². The van der Waals surface area contributed by atoms with Gasteiger partial charge in [0, 0.05) is 18.6 Å². The maximum absolute atomic E-state index is 15.0. The zero-order valence-electron chi connectivity index (χ0n) is 26.1. The summed E-state index contributed by atoms with van der Waals surface area (Å²) < 4.78 is 5.67. The minimum absolute atomic E-state index is 0.118. The highest BCUT2D eigenvalue weighted by Gasteiger charge is 2.75. The summed E-state index contributed by atoms with van der Waals surface area (Å²) in [5, 5.41) is 11.7. The summed E-state index contributed by atoms with van der Waals surface area (Å²) >= 11 is 0. The minimum atomic E-state index is -1.86. The third-order valence-corrected chi connectivity index (χ3v) is 9.42. The van der Waals surface area contributed by atoms with Crippen molar-refractivity contribution in [3.05, 3.63) is 47.3 Å². The van der Waals surface area contributed by atoms with Crippen LogP contribution in [0.25, 0.3) is 0 Å². The molecule has 2 bridgehead atoms. The van der Waals surface area contributed by atoms with Crippen molar-refractivity contribution in [1.29, 1.82) is 0 Å². The second-order valence-electron chi connectivity index (χ2n) is 13.5. The number of allylic oxidation sites excluding steroid dienone is 7. The first kappa shape index (κ1) is 32.9. The van der Waals surface area contributed by atoms with Gasteiger partial charge < -0.3 is 9.84 Å². The van der Waals surface area contributed by atoms with E-state index < -0.39 is 33.7 Å². The first-order valence-corrected chi connectivity index (χ1v) is 14.5. The van der Waals surface area contributed by atoms with Crippen LogP contribution in [0.15, 0.2) is 47.3 Å². The Morgan fingerprint density at radius 2 is 1.74 bits per heavy atom. The number of aliphatic hydroxyl groups excluding tert-OH is 1. The number of aliphatic hydroxyl groups is 1. The van der Waals surface area contributed by atoms with Crippen LogP contribution in [0.3, 0.4) is 0 Å². The molecule has 2 rings (SSSR count). The monoisotopic (exact) mass is 540 g/mol. The number of Topliss-reactive ketones (excluding diaryl/α,β-unsaturated/α-hetero) is 3. The quantitative estimate of drug-likeness (QED) is 0.189. The van der Waals surface area contributed by atoms with Gasteiger partial charge in [0.2, 0.25) is 0 Å². The molecule has 0 saturated heterocycles. The van der Waals surface area contributed by atoms with Gasteiger partial charge in [-0.3, -0.25) is 14.4 Å². The molecule has 0 amide bonds. The topological polar surface area (TPSA) is 80.7 Å². The van der Waals surface area contributed by atoms with Gasteiger partial charge in [-0.2, -0.15) is 0 Å². The van der Waals surface area contributed by atoms with Gasteiger partial charge in [-0.1, -0.05) is 50.1 Å². The summed E-state index contributed by atoms with van der Waals surface area (Å²) in [6, 6.07) is 0. The molecule has 1 fully saturated rings. The molecule has 0 unspecified atom stereocenters. The van der Waals surface area contributed by atoms with Crippen molar-refractivity contribution in [3.8, 4) is 0 Å². The Hall–Kier alpha value is -2.27. The van der Waals surface area contributed by atoms with Gasteiger partial charge in [-0.15, -0.1) is 6.58 Å². The van der Waals surface area contributed by atoms with Crippen LogP contribution in [0.2, 0.25) is 0 Å². The Bertz CT molecular complexity index is 1080. The smallest absolute Gasteiger partial charge is 0.184 e. The van der Waals surface area contributed by atoms with E-state index in [1.807, 2.05) is 54.5 Å². The first-order valence-electron chi connectivity index (χ1n) is 14.5. The maximum atomic E-state index is 15.0.